The average Bonchev–Trinajstić information content (AvgIpc) is 2.69. The normalized spacial score (nSPS) is 21.2. The van der Waals surface area contributed by atoms with Gasteiger partial charge in [-0.05, 0) is 37.0 Å². The lowest BCUT2D eigenvalue weighted by atomic mass is 10.0. The first-order chi connectivity index (χ1) is 12.7. The topological polar surface area (TPSA) is 35.5 Å². The molecule has 2 aromatic rings. The lowest BCUT2D eigenvalue weighted by Gasteiger charge is -2.37. The molecule has 138 valence electrons. The van der Waals surface area contributed by atoms with Crippen molar-refractivity contribution in [2.45, 2.75) is 19.8 Å². The average molecular weight is 355 g/mol. The highest BCUT2D eigenvalue weighted by Gasteiger charge is 2.22. The Balaban J connectivity index is 1.43. The van der Waals surface area contributed by atoms with Gasteiger partial charge in [-0.25, -0.2) is 9.37 Å². The minimum atomic E-state index is -0.149. The van der Waals surface area contributed by atoms with Crippen LogP contribution in [0.2, 0.25) is 0 Å². The quantitative estimate of drug-likeness (QED) is 0.845. The number of hydrogen-bond donors (Lipinski definition) is 0. The van der Waals surface area contributed by atoms with Crippen molar-refractivity contribution in [1.29, 1.82) is 0 Å². The second-order valence-electron chi connectivity index (χ2n) is 7.33. The summed E-state index contributed by atoms with van der Waals surface area (Å²) >= 11 is 0. The fourth-order valence-electron chi connectivity index (χ4n) is 3.92. The van der Waals surface area contributed by atoms with Crippen molar-refractivity contribution >= 4 is 17.5 Å². The molecule has 0 spiro atoms. The zero-order valence-electron chi connectivity index (χ0n) is 15.3. The van der Waals surface area contributed by atoms with Crippen LogP contribution in [0.5, 0.6) is 0 Å². The van der Waals surface area contributed by atoms with Gasteiger partial charge in [0, 0.05) is 45.5 Å². The van der Waals surface area contributed by atoms with Gasteiger partial charge < -0.3 is 14.7 Å². The summed E-state index contributed by atoms with van der Waals surface area (Å²) in [5.74, 6) is 2.36. The van der Waals surface area contributed by atoms with Crippen molar-refractivity contribution in [3.05, 3.63) is 42.3 Å². The van der Waals surface area contributed by atoms with E-state index in [1.165, 1.54) is 18.9 Å². The van der Waals surface area contributed by atoms with E-state index in [0.29, 0.717) is 11.6 Å². The Labute approximate surface area is 154 Å². The lowest BCUT2D eigenvalue weighted by Crippen LogP contribution is -2.47. The Hall–Kier alpha value is -2.37. The van der Waals surface area contributed by atoms with Crippen molar-refractivity contribution in [2.24, 2.45) is 5.92 Å². The van der Waals surface area contributed by atoms with E-state index in [1.807, 2.05) is 24.4 Å². The number of aromatic nitrogens is 2. The maximum Gasteiger partial charge on any atom is 0.227 e. The molecule has 5 nitrogen and oxygen atoms in total. The minimum Gasteiger partial charge on any atom is -0.366 e. The first kappa shape index (κ1) is 17.1. The molecule has 0 aliphatic carbocycles. The molecule has 0 saturated carbocycles. The van der Waals surface area contributed by atoms with Crippen LogP contribution in [0.1, 0.15) is 19.8 Å². The number of para-hydroxylation sites is 1. The molecule has 1 aromatic heterocycles. The molecule has 1 atom stereocenters. The molecule has 0 N–H and O–H groups in total. The second-order valence-corrected chi connectivity index (χ2v) is 7.33. The van der Waals surface area contributed by atoms with Gasteiger partial charge >= 0.3 is 0 Å². The highest BCUT2D eigenvalue weighted by atomic mass is 19.1. The molecular weight excluding hydrogens is 329 g/mol. The van der Waals surface area contributed by atoms with E-state index in [2.05, 4.69) is 26.6 Å². The molecule has 0 amide bonds. The maximum absolute atomic E-state index is 14.0. The van der Waals surface area contributed by atoms with Crippen LogP contribution in [0.3, 0.4) is 0 Å². The number of halogens is 1. The highest BCUT2D eigenvalue weighted by Crippen LogP contribution is 2.24. The van der Waals surface area contributed by atoms with Gasteiger partial charge in [-0.3, -0.25) is 0 Å². The lowest BCUT2D eigenvalue weighted by molar-refractivity contribution is 0.442. The van der Waals surface area contributed by atoms with Gasteiger partial charge in [0.15, 0.2) is 0 Å². The summed E-state index contributed by atoms with van der Waals surface area (Å²) in [7, 11) is 0. The van der Waals surface area contributed by atoms with E-state index in [1.54, 1.807) is 6.07 Å². The monoisotopic (exact) mass is 355 g/mol. The van der Waals surface area contributed by atoms with Crippen LogP contribution in [0, 0.1) is 11.7 Å². The third kappa shape index (κ3) is 3.59. The summed E-state index contributed by atoms with van der Waals surface area (Å²) in [6.07, 6.45) is 4.35. The molecule has 2 saturated heterocycles. The first-order valence-corrected chi connectivity index (χ1v) is 9.53. The largest absolute Gasteiger partial charge is 0.366 e. The second kappa shape index (κ2) is 7.48. The van der Waals surface area contributed by atoms with E-state index >= 15 is 0 Å². The summed E-state index contributed by atoms with van der Waals surface area (Å²) in [6.45, 7) is 7.61. The summed E-state index contributed by atoms with van der Waals surface area (Å²) < 4.78 is 14.0. The third-order valence-corrected chi connectivity index (χ3v) is 5.36. The standard InChI is InChI=1S/C20H26FN5/c1-16-5-4-10-26(15-16)20-22-9-8-19(23-20)25-13-11-24(12-14-25)18-7-3-2-6-17(18)21/h2-3,6-9,16H,4-5,10-15H2,1H3. The smallest absolute Gasteiger partial charge is 0.227 e. The van der Waals surface area contributed by atoms with Crippen LogP contribution in [0.4, 0.5) is 21.8 Å². The van der Waals surface area contributed by atoms with Gasteiger partial charge in [0.05, 0.1) is 5.69 Å². The first-order valence-electron chi connectivity index (χ1n) is 9.53. The van der Waals surface area contributed by atoms with Crippen molar-refractivity contribution in [2.75, 3.05) is 54.0 Å². The summed E-state index contributed by atoms with van der Waals surface area (Å²) in [5.41, 5.74) is 0.692. The van der Waals surface area contributed by atoms with Gasteiger partial charge in [-0.15, -0.1) is 0 Å². The zero-order chi connectivity index (χ0) is 17.9. The van der Waals surface area contributed by atoms with Gasteiger partial charge in [-0.1, -0.05) is 19.1 Å². The van der Waals surface area contributed by atoms with E-state index in [9.17, 15) is 4.39 Å². The van der Waals surface area contributed by atoms with Crippen LogP contribution >= 0.6 is 0 Å². The number of rotatable bonds is 3. The SMILES string of the molecule is CC1CCCN(c2nccc(N3CCN(c4ccccc4F)CC3)n2)C1. The number of anilines is 3. The van der Waals surface area contributed by atoms with E-state index in [4.69, 9.17) is 4.98 Å². The molecule has 1 unspecified atom stereocenters. The van der Waals surface area contributed by atoms with Gasteiger partial charge in [0.25, 0.3) is 0 Å². The number of piperazine rings is 1. The molecule has 1 aromatic carbocycles. The summed E-state index contributed by atoms with van der Waals surface area (Å²) in [6, 6.07) is 8.99. The summed E-state index contributed by atoms with van der Waals surface area (Å²) in [5, 5.41) is 0. The fourth-order valence-corrected chi connectivity index (χ4v) is 3.92. The molecule has 2 fully saturated rings. The molecule has 3 heterocycles. The Morgan fingerprint density at radius 2 is 1.73 bits per heavy atom. The predicted molar refractivity (Wildman–Crippen MR) is 103 cm³/mol. The van der Waals surface area contributed by atoms with Crippen molar-refractivity contribution in [1.82, 2.24) is 9.97 Å². The highest BCUT2D eigenvalue weighted by molar-refractivity contribution is 5.51. The van der Waals surface area contributed by atoms with Gasteiger partial charge in [-0.2, -0.15) is 4.98 Å². The van der Waals surface area contributed by atoms with Crippen LogP contribution in [0.25, 0.3) is 0 Å². The number of benzene rings is 1. The van der Waals surface area contributed by atoms with Crippen LogP contribution in [-0.2, 0) is 0 Å². The zero-order valence-corrected chi connectivity index (χ0v) is 15.3. The maximum atomic E-state index is 14.0. The summed E-state index contributed by atoms with van der Waals surface area (Å²) in [4.78, 5) is 16.0. The number of piperidine rings is 1. The van der Waals surface area contributed by atoms with Crippen molar-refractivity contribution in [3.8, 4) is 0 Å². The van der Waals surface area contributed by atoms with E-state index in [0.717, 1.165) is 51.0 Å². The number of hydrogen-bond acceptors (Lipinski definition) is 5. The van der Waals surface area contributed by atoms with Crippen LogP contribution < -0.4 is 14.7 Å². The molecule has 0 radical (unpaired) electrons. The fraction of sp³-hybridized carbons (Fsp3) is 0.500. The molecule has 26 heavy (non-hydrogen) atoms. The molecule has 6 heteroatoms. The number of nitrogens with zero attached hydrogens (tertiary/aromatic N) is 5. The molecule has 2 aliphatic heterocycles. The van der Waals surface area contributed by atoms with Crippen LogP contribution in [0.15, 0.2) is 36.5 Å². The van der Waals surface area contributed by atoms with Gasteiger partial charge in [0.1, 0.15) is 11.6 Å². The Bertz CT molecular complexity index is 744. The van der Waals surface area contributed by atoms with E-state index in [-0.39, 0.29) is 5.82 Å². The predicted octanol–water partition coefficient (Wildman–Crippen LogP) is 3.18. The van der Waals surface area contributed by atoms with E-state index < -0.39 is 0 Å². The molecular formula is C20H26FN5. The Kier molecular flexibility index (Phi) is 4.91. The molecule has 4 rings (SSSR count). The van der Waals surface area contributed by atoms with Crippen molar-refractivity contribution in [3.63, 3.8) is 0 Å². The van der Waals surface area contributed by atoms with Crippen molar-refractivity contribution < 1.29 is 4.39 Å². The van der Waals surface area contributed by atoms with Crippen LogP contribution in [-0.4, -0.2) is 49.2 Å². The molecule has 0 bridgehead atoms. The third-order valence-electron chi connectivity index (χ3n) is 5.36. The molecule has 2 aliphatic rings. The Morgan fingerprint density at radius 3 is 2.50 bits per heavy atom. The minimum absolute atomic E-state index is 0.149. The van der Waals surface area contributed by atoms with Gasteiger partial charge in [0.2, 0.25) is 5.95 Å². The Morgan fingerprint density at radius 1 is 0.962 bits per heavy atom.